The molecule has 0 radical (unpaired) electrons. The average molecular weight is 1160 g/mol. The molecule has 0 bridgehead atoms. The number of carbonyl (C=O) groups excluding carboxylic acids is 1. The molecule has 0 aliphatic carbocycles. The van der Waals surface area contributed by atoms with E-state index >= 15 is 0 Å². The number of nitrogens with one attached hydrogen (secondary N) is 1. The summed E-state index contributed by atoms with van der Waals surface area (Å²) < 4.78 is 23.4. The Hall–Kier alpha value is -3.62. The van der Waals surface area contributed by atoms with E-state index < -0.39 is 26.6 Å². The van der Waals surface area contributed by atoms with Crippen molar-refractivity contribution in [3.8, 4) is 0 Å². The molecule has 0 aromatic heterocycles. The van der Waals surface area contributed by atoms with Crippen LogP contribution in [-0.2, 0) is 18.4 Å². The predicted octanol–water partition coefficient (Wildman–Crippen LogP) is 20.6. The first-order valence-corrected chi connectivity index (χ1v) is 34.7. The summed E-state index contributed by atoms with van der Waals surface area (Å²) in [6, 6.07) is -0.909. The van der Waals surface area contributed by atoms with Gasteiger partial charge in [0.05, 0.1) is 39.9 Å². The van der Waals surface area contributed by atoms with Crippen LogP contribution in [-0.4, -0.2) is 68.5 Å². The van der Waals surface area contributed by atoms with Crippen molar-refractivity contribution in [2.75, 3.05) is 40.9 Å². The van der Waals surface area contributed by atoms with Gasteiger partial charge in [-0.2, -0.15) is 0 Å². The number of allylic oxidation sites excluding steroid dienone is 23. The average Bonchev–Trinajstić information content (AvgIpc) is 3.46. The van der Waals surface area contributed by atoms with Gasteiger partial charge in [0.2, 0.25) is 5.91 Å². The fourth-order valence-electron chi connectivity index (χ4n) is 8.92. The SMILES string of the molecule is CC/C=C\C/C=C\C/C=C\C/C=C\C/C=C\C/C=C\C/C=C\C/C=C\C/C=C\C/C=C\C/C=C\CCCCCCCC(=O)NC(COP(=O)([O-])OCC[N+](C)(C)C)C(O)/C=C/CCCCCCCCCCCCCCCCCCCCC. The van der Waals surface area contributed by atoms with Crippen molar-refractivity contribution in [2.45, 2.75) is 270 Å². The van der Waals surface area contributed by atoms with Crippen LogP contribution in [0.15, 0.2) is 146 Å². The maximum Gasteiger partial charge on any atom is 0.268 e. The number of carbonyl (C=O) groups is 1. The summed E-state index contributed by atoms with van der Waals surface area (Å²) in [7, 11) is 1.23. The molecule has 0 aromatic carbocycles. The normalized spacial score (nSPS) is 14.7. The van der Waals surface area contributed by atoms with E-state index in [-0.39, 0.29) is 12.5 Å². The number of quaternary nitrogens is 1. The Morgan fingerprint density at radius 2 is 0.744 bits per heavy atom. The molecule has 0 fully saturated rings. The molecular formula is C73H125N2O6P. The highest BCUT2D eigenvalue weighted by molar-refractivity contribution is 7.45. The van der Waals surface area contributed by atoms with Gasteiger partial charge >= 0.3 is 0 Å². The van der Waals surface area contributed by atoms with E-state index in [0.29, 0.717) is 17.4 Å². The number of phosphoric ester groups is 1. The van der Waals surface area contributed by atoms with Crippen molar-refractivity contribution in [1.29, 1.82) is 0 Å². The summed E-state index contributed by atoms with van der Waals surface area (Å²) in [4.78, 5) is 25.6. The van der Waals surface area contributed by atoms with E-state index in [0.717, 1.165) is 128 Å². The molecule has 0 aromatic rings. The lowest BCUT2D eigenvalue weighted by Gasteiger charge is -2.29. The minimum atomic E-state index is -4.62. The van der Waals surface area contributed by atoms with Gasteiger partial charge in [0, 0.05) is 6.42 Å². The molecule has 82 heavy (non-hydrogen) atoms. The summed E-state index contributed by atoms with van der Waals surface area (Å²) in [5.74, 6) is -0.220. The molecule has 0 aliphatic rings. The highest BCUT2D eigenvalue weighted by atomic mass is 31.2. The first-order valence-electron chi connectivity index (χ1n) is 33.2. The molecule has 8 nitrogen and oxygen atoms in total. The number of phosphoric acid groups is 1. The quantitative estimate of drug-likeness (QED) is 0.0272. The minimum absolute atomic E-state index is 0.0123. The van der Waals surface area contributed by atoms with Gasteiger partial charge < -0.3 is 28.8 Å². The van der Waals surface area contributed by atoms with Crippen molar-refractivity contribution in [2.24, 2.45) is 0 Å². The van der Waals surface area contributed by atoms with E-state index in [9.17, 15) is 19.4 Å². The van der Waals surface area contributed by atoms with E-state index in [1.54, 1.807) is 6.08 Å². The molecule has 0 saturated carbocycles. The lowest BCUT2D eigenvalue weighted by molar-refractivity contribution is -0.870. The Labute approximate surface area is 506 Å². The van der Waals surface area contributed by atoms with E-state index in [4.69, 9.17) is 9.05 Å². The molecule has 1 amide bonds. The van der Waals surface area contributed by atoms with Crippen molar-refractivity contribution in [3.05, 3.63) is 146 Å². The zero-order valence-corrected chi connectivity index (χ0v) is 54.3. The lowest BCUT2D eigenvalue weighted by atomic mass is 10.0. The fourth-order valence-corrected chi connectivity index (χ4v) is 9.65. The maximum absolute atomic E-state index is 13.0. The van der Waals surface area contributed by atoms with Gasteiger partial charge in [-0.3, -0.25) is 9.36 Å². The smallest absolute Gasteiger partial charge is 0.268 e. The first-order chi connectivity index (χ1) is 40.0. The Balaban J connectivity index is 4.22. The molecule has 9 heteroatoms. The van der Waals surface area contributed by atoms with Gasteiger partial charge in [-0.25, -0.2) is 0 Å². The van der Waals surface area contributed by atoms with Crippen LogP contribution < -0.4 is 10.2 Å². The van der Waals surface area contributed by atoms with Crippen LogP contribution >= 0.6 is 7.82 Å². The van der Waals surface area contributed by atoms with Crippen LogP contribution in [0, 0.1) is 0 Å². The number of aliphatic hydroxyl groups excluding tert-OH is 1. The second-order valence-electron chi connectivity index (χ2n) is 23.1. The highest BCUT2D eigenvalue weighted by Gasteiger charge is 2.23. The van der Waals surface area contributed by atoms with Crippen molar-refractivity contribution in [1.82, 2.24) is 5.32 Å². The Morgan fingerprint density at radius 3 is 1.09 bits per heavy atom. The highest BCUT2D eigenvalue weighted by Crippen LogP contribution is 2.38. The van der Waals surface area contributed by atoms with Gasteiger partial charge in [0.1, 0.15) is 13.2 Å². The third kappa shape index (κ3) is 64.0. The van der Waals surface area contributed by atoms with Crippen LogP contribution in [0.5, 0.6) is 0 Å². The number of unbranched alkanes of at least 4 members (excludes halogenated alkanes) is 24. The number of rotatable bonds is 59. The minimum Gasteiger partial charge on any atom is -0.756 e. The van der Waals surface area contributed by atoms with Crippen molar-refractivity contribution >= 4 is 13.7 Å². The number of nitrogens with zero attached hydrogens (tertiary/aromatic N) is 1. The van der Waals surface area contributed by atoms with Gasteiger partial charge in [0.25, 0.3) is 7.82 Å². The Kier molecular flexibility index (Phi) is 59.2. The zero-order valence-electron chi connectivity index (χ0n) is 53.4. The number of aliphatic hydroxyl groups is 1. The number of hydrogen-bond donors (Lipinski definition) is 2. The molecule has 0 spiro atoms. The van der Waals surface area contributed by atoms with E-state index in [2.05, 4.69) is 153 Å². The molecule has 468 valence electrons. The molecule has 3 atom stereocenters. The summed E-state index contributed by atoms with van der Waals surface area (Å²) in [6.07, 6.45) is 95.1. The Morgan fingerprint density at radius 1 is 0.439 bits per heavy atom. The van der Waals surface area contributed by atoms with E-state index in [1.807, 2.05) is 27.2 Å². The number of amides is 1. The second-order valence-corrected chi connectivity index (χ2v) is 24.5. The van der Waals surface area contributed by atoms with Gasteiger partial charge in [-0.05, 0) is 103 Å². The van der Waals surface area contributed by atoms with Gasteiger partial charge in [-0.1, -0.05) is 295 Å². The zero-order chi connectivity index (χ0) is 59.8. The van der Waals surface area contributed by atoms with Crippen LogP contribution in [0.4, 0.5) is 0 Å². The molecule has 2 N–H and O–H groups in total. The third-order valence-electron chi connectivity index (χ3n) is 14.1. The molecule has 0 aliphatic heterocycles. The molecule has 0 rings (SSSR count). The second kappa shape index (κ2) is 61.9. The van der Waals surface area contributed by atoms with Crippen LogP contribution in [0.3, 0.4) is 0 Å². The molecule has 3 unspecified atom stereocenters. The largest absolute Gasteiger partial charge is 0.756 e. The van der Waals surface area contributed by atoms with Crippen molar-refractivity contribution < 1.29 is 32.9 Å². The fraction of sp³-hybridized carbons (Fsp3) is 0.658. The molecule has 0 saturated heterocycles. The summed E-state index contributed by atoms with van der Waals surface area (Å²) >= 11 is 0. The van der Waals surface area contributed by atoms with Crippen LogP contribution in [0.2, 0.25) is 0 Å². The number of likely N-dealkylation sites (N-methyl/N-ethyl adjacent to an activating group) is 1. The number of hydrogen-bond acceptors (Lipinski definition) is 6. The first kappa shape index (κ1) is 78.4. The summed E-state index contributed by atoms with van der Waals surface area (Å²) in [5, 5.41) is 13.9. The maximum atomic E-state index is 13.0. The Bertz CT molecular complexity index is 1840. The lowest BCUT2D eigenvalue weighted by Crippen LogP contribution is -2.45. The standard InChI is InChI=1S/C73H125N2O6P/c1-6-8-10-12-14-16-18-20-22-24-26-28-29-30-31-32-33-34-35-36-37-38-39-40-41-42-43-44-45-47-49-51-53-55-57-59-61-63-65-67-73(77)74-71(70-81-82(78,79)80-69-68-75(3,4)5)72(76)66-64-62-60-58-56-54-52-50-48-46-27-25-23-21-19-17-15-13-11-9-7-2/h8,10,14,16,20,22,26,28,30-31,33-34,36-37,39-40,42-43,45,47,51,53,64,66,71-72,76H,6-7,9,11-13,15,17-19,21,23-25,27,29,32,35,38,41,44,46,48-50,52,54-63,65,67-70H2,1-5H3,(H-,74,77,78,79)/b10-8-,16-14-,22-20-,28-26-,31-30-,34-33-,37-36-,40-39-,43-42-,47-45-,53-51-,66-64+. The summed E-state index contributed by atoms with van der Waals surface area (Å²) in [6.45, 7) is 4.52. The summed E-state index contributed by atoms with van der Waals surface area (Å²) in [5.41, 5.74) is 0. The van der Waals surface area contributed by atoms with Crippen LogP contribution in [0.1, 0.15) is 258 Å². The van der Waals surface area contributed by atoms with Crippen LogP contribution in [0.25, 0.3) is 0 Å². The third-order valence-corrected chi connectivity index (χ3v) is 15.0. The van der Waals surface area contributed by atoms with Gasteiger partial charge in [0.15, 0.2) is 0 Å². The van der Waals surface area contributed by atoms with Gasteiger partial charge in [-0.15, -0.1) is 0 Å². The van der Waals surface area contributed by atoms with Crippen molar-refractivity contribution in [3.63, 3.8) is 0 Å². The molecule has 0 heterocycles. The van der Waals surface area contributed by atoms with E-state index in [1.165, 1.54) is 109 Å². The predicted molar refractivity (Wildman–Crippen MR) is 357 cm³/mol. The molecular weight excluding hydrogens is 1030 g/mol. The monoisotopic (exact) mass is 1160 g/mol. The topological polar surface area (TPSA) is 108 Å².